The Morgan fingerprint density at radius 1 is 1.35 bits per heavy atom. The van der Waals surface area contributed by atoms with Gasteiger partial charge >= 0.3 is 0 Å². The fourth-order valence-electron chi connectivity index (χ4n) is 3.00. The molecule has 3 heteroatoms. The van der Waals surface area contributed by atoms with Gasteiger partial charge < -0.3 is 5.32 Å². The molecule has 1 aromatic rings. The summed E-state index contributed by atoms with van der Waals surface area (Å²) in [5, 5.41) is 12.4. The predicted octanol–water partition coefficient (Wildman–Crippen LogP) is 1.97. The Kier molecular flexibility index (Phi) is 2.66. The highest BCUT2D eigenvalue weighted by molar-refractivity contribution is 5.69. The number of aromatic nitrogens is 1. The smallest absolute Gasteiger partial charge is 0.101 e. The van der Waals surface area contributed by atoms with E-state index in [1.807, 2.05) is 12.3 Å². The summed E-state index contributed by atoms with van der Waals surface area (Å²) in [4.78, 5) is 4.16. The number of rotatable bonds is 1. The predicted molar refractivity (Wildman–Crippen MR) is 66.0 cm³/mol. The Labute approximate surface area is 101 Å². The van der Waals surface area contributed by atoms with Gasteiger partial charge in [-0.25, -0.2) is 0 Å². The molecule has 3 rings (SSSR count). The molecule has 2 aliphatic rings. The summed E-state index contributed by atoms with van der Waals surface area (Å²) in [5.74, 6) is 1.38. The Hall–Kier alpha value is -1.66. The van der Waals surface area contributed by atoms with Gasteiger partial charge in [0.25, 0.3) is 0 Å². The molecule has 1 saturated heterocycles. The van der Waals surface area contributed by atoms with Crippen LogP contribution in [0.25, 0.3) is 5.57 Å². The molecule has 0 spiro atoms. The number of allylic oxidation sites excluding steroid dienone is 1. The number of nitrogens with one attached hydrogen (secondary N) is 1. The van der Waals surface area contributed by atoms with Gasteiger partial charge in [-0.15, -0.1) is 0 Å². The van der Waals surface area contributed by atoms with E-state index in [4.69, 9.17) is 5.26 Å². The molecule has 1 fully saturated rings. The second-order valence-corrected chi connectivity index (χ2v) is 4.84. The highest BCUT2D eigenvalue weighted by Crippen LogP contribution is 2.38. The lowest BCUT2D eigenvalue weighted by Gasteiger charge is -2.26. The summed E-state index contributed by atoms with van der Waals surface area (Å²) in [6, 6.07) is 4.12. The van der Waals surface area contributed by atoms with Crippen LogP contribution in [0.15, 0.2) is 24.5 Å². The van der Waals surface area contributed by atoms with Crippen molar-refractivity contribution in [2.75, 3.05) is 13.1 Å². The van der Waals surface area contributed by atoms with E-state index >= 15 is 0 Å². The molecule has 0 aromatic carbocycles. The molecular weight excluding hydrogens is 210 g/mol. The van der Waals surface area contributed by atoms with Crippen LogP contribution in [0.2, 0.25) is 0 Å². The lowest BCUT2D eigenvalue weighted by atomic mass is 9.78. The third-order valence-electron chi connectivity index (χ3n) is 3.84. The van der Waals surface area contributed by atoms with Crippen LogP contribution in [0.5, 0.6) is 0 Å². The molecule has 1 aromatic heterocycles. The van der Waals surface area contributed by atoms with Crippen LogP contribution in [0.4, 0.5) is 0 Å². The monoisotopic (exact) mass is 225 g/mol. The van der Waals surface area contributed by atoms with Crippen LogP contribution in [-0.2, 0) is 0 Å². The maximum Gasteiger partial charge on any atom is 0.101 e. The van der Waals surface area contributed by atoms with Crippen molar-refractivity contribution in [3.8, 4) is 6.07 Å². The van der Waals surface area contributed by atoms with Crippen molar-refractivity contribution in [1.29, 1.82) is 5.26 Å². The van der Waals surface area contributed by atoms with Gasteiger partial charge in [-0.3, -0.25) is 4.98 Å². The highest BCUT2D eigenvalue weighted by atomic mass is 14.9. The summed E-state index contributed by atoms with van der Waals surface area (Å²) in [6.07, 6.45) is 8.26. The zero-order valence-electron chi connectivity index (χ0n) is 9.69. The molecular formula is C14H15N3. The number of hydrogen-bond donors (Lipinski definition) is 1. The topological polar surface area (TPSA) is 48.7 Å². The minimum Gasteiger partial charge on any atom is -0.316 e. The molecule has 17 heavy (non-hydrogen) atoms. The van der Waals surface area contributed by atoms with Crippen molar-refractivity contribution >= 4 is 5.57 Å². The molecule has 1 aliphatic heterocycles. The molecule has 0 bridgehead atoms. The second-order valence-electron chi connectivity index (χ2n) is 4.84. The first-order chi connectivity index (χ1) is 8.38. The maximum atomic E-state index is 8.93. The lowest BCUT2D eigenvalue weighted by molar-refractivity contribution is 0.454. The zero-order chi connectivity index (χ0) is 11.7. The Morgan fingerprint density at radius 3 is 3.18 bits per heavy atom. The number of nitriles is 1. The van der Waals surface area contributed by atoms with E-state index in [1.54, 1.807) is 6.20 Å². The van der Waals surface area contributed by atoms with E-state index in [0.29, 0.717) is 11.5 Å². The zero-order valence-corrected chi connectivity index (χ0v) is 9.69. The van der Waals surface area contributed by atoms with Crippen LogP contribution in [0.1, 0.15) is 24.0 Å². The van der Waals surface area contributed by atoms with E-state index in [-0.39, 0.29) is 0 Å². The Balaban J connectivity index is 1.97. The molecule has 0 amide bonds. The molecule has 0 unspecified atom stereocenters. The van der Waals surface area contributed by atoms with E-state index in [9.17, 15) is 0 Å². The Bertz CT molecular complexity index is 498. The van der Waals surface area contributed by atoms with Crippen LogP contribution >= 0.6 is 0 Å². The van der Waals surface area contributed by atoms with Crippen LogP contribution in [-0.4, -0.2) is 18.1 Å². The third kappa shape index (κ3) is 1.85. The summed E-state index contributed by atoms with van der Waals surface area (Å²) in [6.45, 7) is 2.20. The van der Waals surface area contributed by atoms with Crippen molar-refractivity contribution in [3.05, 3.63) is 35.7 Å². The second kappa shape index (κ2) is 4.31. The molecule has 1 N–H and O–H groups in total. The minimum absolute atomic E-state index is 0.611. The van der Waals surface area contributed by atoms with Gasteiger partial charge in [-0.05, 0) is 42.5 Å². The van der Waals surface area contributed by atoms with Crippen molar-refractivity contribution < 1.29 is 0 Å². The Morgan fingerprint density at radius 2 is 2.29 bits per heavy atom. The average Bonchev–Trinajstić information content (AvgIpc) is 2.87. The van der Waals surface area contributed by atoms with Crippen LogP contribution < -0.4 is 5.32 Å². The molecule has 0 saturated carbocycles. The van der Waals surface area contributed by atoms with Crippen LogP contribution in [0.3, 0.4) is 0 Å². The summed E-state index contributed by atoms with van der Waals surface area (Å²) in [5.41, 5.74) is 3.16. The van der Waals surface area contributed by atoms with Crippen molar-refractivity contribution in [1.82, 2.24) is 10.3 Å². The number of hydrogen-bond acceptors (Lipinski definition) is 3. The van der Waals surface area contributed by atoms with Crippen molar-refractivity contribution in [3.63, 3.8) is 0 Å². The fourth-order valence-corrected chi connectivity index (χ4v) is 3.00. The standard InChI is InChI=1S/C14H15N3/c15-5-10-4-12(8-16-6-10)13-3-1-2-11-7-17-9-14(11)13/h3-4,6,8,11,14,17H,1-2,7,9H2/t11-,14+/m1/s1. The first-order valence-electron chi connectivity index (χ1n) is 6.15. The highest BCUT2D eigenvalue weighted by Gasteiger charge is 2.32. The van der Waals surface area contributed by atoms with E-state index < -0.39 is 0 Å². The van der Waals surface area contributed by atoms with Crippen LogP contribution in [0, 0.1) is 23.2 Å². The van der Waals surface area contributed by atoms with E-state index in [1.165, 1.54) is 12.0 Å². The van der Waals surface area contributed by atoms with Gasteiger partial charge in [0.2, 0.25) is 0 Å². The van der Waals surface area contributed by atoms with Gasteiger partial charge in [0, 0.05) is 24.9 Å². The third-order valence-corrected chi connectivity index (χ3v) is 3.84. The molecule has 3 nitrogen and oxygen atoms in total. The quantitative estimate of drug-likeness (QED) is 0.795. The van der Waals surface area contributed by atoms with Gasteiger partial charge in [0.05, 0.1) is 5.56 Å². The molecule has 0 radical (unpaired) electrons. The summed E-state index contributed by atoms with van der Waals surface area (Å²) < 4.78 is 0. The summed E-state index contributed by atoms with van der Waals surface area (Å²) >= 11 is 0. The lowest BCUT2D eigenvalue weighted by Crippen LogP contribution is -2.18. The van der Waals surface area contributed by atoms with Crippen molar-refractivity contribution in [2.24, 2.45) is 11.8 Å². The largest absolute Gasteiger partial charge is 0.316 e. The summed E-state index contributed by atoms with van der Waals surface area (Å²) in [7, 11) is 0. The van der Waals surface area contributed by atoms with E-state index in [0.717, 1.165) is 31.0 Å². The van der Waals surface area contributed by atoms with Gasteiger partial charge in [0.15, 0.2) is 0 Å². The van der Waals surface area contributed by atoms with E-state index in [2.05, 4.69) is 22.4 Å². The minimum atomic E-state index is 0.611. The molecule has 2 heterocycles. The number of pyridine rings is 1. The first-order valence-corrected chi connectivity index (χ1v) is 6.15. The van der Waals surface area contributed by atoms with Gasteiger partial charge in [0.1, 0.15) is 6.07 Å². The van der Waals surface area contributed by atoms with Crippen molar-refractivity contribution in [2.45, 2.75) is 12.8 Å². The SMILES string of the molecule is N#Cc1cncc(C2=CCC[C@@H]3CNC[C@H]23)c1. The number of fused-ring (bicyclic) bond motifs is 1. The average molecular weight is 225 g/mol. The maximum absolute atomic E-state index is 8.93. The number of nitrogens with zero attached hydrogens (tertiary/aromatic N) is 2. The molecule has 86 valence electrons. The molecule has 2 atom stereocenters. The fraction of sp³-hybridized carbons (Fsp3) is 0.429. The van der Waals surface area contributed by atoms with Gasteiger partial charge in [-0.2, -0.15) is 5.26 Å². The van der Waals surface area contributed by atoms with Gasteiger partial charge in [-0.1, -0.05) is 6.08 Å². The first kappa shape index (κ1) is 10.5. The molecule has 1 aliphatic carbocycles. The normalized spacial score (nSPS) is 27.1.